The lowest BCUT2D eigenvalue weighted by molar-refractivity contribution is 0.0782. The number of carbonyl (C=O) groups excluding carboxylic acids is 1. The summed E-state index contributed by atoms with van der Waals surface area (Å²) in [7, 11) is 3.49. The second kappa shape index (κ2) is 5.47. The molecular formula is C12H16N6O. The number of anilines is 1. The molecule has 0 unspecified atom stereocenters. The maximum absolute atomic E-state index is 12.3. The van der Waals surface area contributed by atoms with Gasteiger partial charge in [0.15, 0.2) is 0 Å². The van der Waals surface area contributed by atoms with Crippen LogP contribution in [0.5, 0.6) is 0 Å². The van der Waals surface area contributed by atoms with Crippen LogP contribution in [0.4, 0.5) is 5.69 Å². The number of hydrogen-bond acceptors (Lipinski definition) is 5. The molecule has 0 aliphatic rings. The van der Waals surface area contributed by atoms with Crippen LogP contribution in [0.25, 0.3) is 0 Å². The van der Waals surface area contributed by atoms with Crippen molar-refractivity contribution >= 4 is 11.6 Å². The molecule has 0 radical (unpaired) electrons. The largest absolute Gasteiger partial charge is 0.387 e. The molecular weight excluding hydrogens is 244 g/mol. The number of rotatable bonds is 4. The van der Waals surface area contributed by atoms with Gasteiger partial charge in [0, 0.05) is 26.0 Å². The Morgan fingerprint density at radius 2 is 2.26 bits per heavy atom. The van der Waals surface area contributed by atoms with Crippen molar-refractivity contribution in [2.24, 2.45) is 0 Å². The number of aromatic nitrogens is 4. The number of nitrogens with zero attached hydrogens (tertiary/aromatic N) is 4. The summed E-state index contributed by atoms with van der Waals surface area (Å²) in [5.74, 6) is 0.523. The lowest BCUT2D eigenvalue weighted by atomic mass is 10.2. The first-order chi connectivity index (χ1) is 9.11. The van der Waals surface area contributed by atoms with Crippen LogP contribution in [-0.2, 0) is 6.54 Å². The number of hydrogen-bond donors (Lipinski definition) is 2. The zero-order valence-corrected chi connectivity index (χ0v) is 11.1. The second-order valence-electron chi connectivity index (χ2n) is 4.21. The molecule has 7 heteroatoms. The molecule has 100 valence electrons. The van der Waals surface area contributed by atoms with Gasteiger partial charge in [0.05, 0.1) is 17.8 Å². The third-order valence-electron chi connectivity index (χ3n) is 2.74. The Morgan fingerprint density at radius 3 is 2.89 bits per heavy atom. The summed E-state index contributed by atoms with van der Waals surface area (Å²) < 4.78 is 0. The molecule has 0 saturated heterocycles. The van der Waals surface area contributed by atoms with E-state index in [1.54, 1.807) is 25.2 Å². The fourth-order valence-electron chi connectivity index (χ4n) is 1.75. The number of aromatic amines is 1. The van der Waals surface area contributed by atoms with Gasteiger partial charge in [0.2, 0.25) is 0 Å². The fraction of sp³-hybridized carbons (Fsp3) is 0.333. The van der Waals surface area contributed by atoms with Gasteiger partial charge in [-0.05, 0) is 13.0 Å². The molecule has 0 aliphatic heterocycles. The fourth-order valence-corrected chi connectivity index (χ4v) is 1.75. The van der Waals surface area contributed by atoms with Gasteiger partial charge in [0.1, 0.15) is 12.2 Å². The Kier molecular flexibility index (Phi) is 3.74. The van der Waals surface area contributed by atoms with Crippen molar-refractivity contribution in [3.8, 4) is 0 Å². The summed E-state index contributed by atoms with van der Waals surface area (Å²) in [4.78, 5) is 22.1. The number of carbonyl (C=O) groups is 1. The first-order valence-corrected chi connectivity index (χ1v) is 5.86. The first kappa shape index (κ1) is 13.0. The van der Waals surface area contributed by atoms with Crippen molar-refractivity contribution in [1.82, 2.24) is 25.1 Å². The van der Waals surface area contributed by atoms with Gasteiger partial charge in [-0.1, -0.05) is 0 Å². The topological polar surface area (TPSA) is 86.8 Å². The van der Waals surface area contributed by atoms with Gasteiger partial charge in [-0.2, -0.15) is 5.10 Å². The molecule has 2 aromatic rings. The van der Waals surface area contributed by atoms with Gasteiger partial charge in [-0.3, -0.25) is 14.9 Å². The molecule has 1 amide bonds. The van der Waals surface area contributed by atoms with E-state index in [1.165, 1.54) is 6.33 Å². The zero-order chi connectivity index (χ0) is 13.8. The molecule has 0 aromatic carbocycles. The zero-order valence-electron chi connectivity index (χ0n) is 11.1. The Morgan fingerprint density at radius 1 is 1.47 bits per heavy atom. The maximum atomic E-state index is 12.3. The molecule has 2 heterocycles. The third kappa shape index (κ3) is 2.87. The van der Waals surface area contributed by atoms with Gasteiger partial charge in [0.25, 0.3) is 5.91 Å². The Balaban J connectivity index is 2.19. The highest BCUT2D eigenvalue weighted by atomic mass is 16.2. The van der Waals surface area contributed by atoms with E-state index in [1.807, 2.05) is 13.0 Å². The maximum Gasteiger partial charge on any atom is 0.257 e. The van der Waals surface area contributed by atoms with Crippen LogP contribution in [0.15, 0.2) is 18.6 Å². The van der Waals surface area contributed by atoms with Crippen LogP contribution in [0.1, 0.15) is 21.9 Å². The van der Waals surface area contributed by atoms with Gasteiger partial charge in [-0.15, -0.1) is 0 Å². The molecule has 0 fully saturated rings. The predicted molar refractivity (Wildman–Crippen MR) is 70.7 cm³/mol. The van der Waals surface area contributed by atoms with E-state index in [9.17, 15) is 4.79 Å². The SMILES string of the molecule is CNc1cc(C)ncc1C(=O)N(C)Cc1ncn[nH]1. The summed E-state index contributed by atoms with van der Waals surface area (Å²) >= 11 is 0. The van der Waals surface area contributed by atoms with Crippen molar-refractivity contribution in [2.75, 3.05) is 19.4 Å². The Hall–Kier alpha value is -2.44. The van der Waals surface area contributed by atoms with Crippen LogP contribution in [0.2, 0.25) is 0 Å². The summed E-state index contributed by atoms with van der Waals surface area (Å²) in [6.07, 6.45) is 3.00. The van der Waals surface area contributed by atoms with Crippen molar-refractivity contribution in [3.05, 3.63) is 35.7 Å². The molecule has 0 atom stereocenters. The smallest absolute Gasteiger partial charge is 0.257 e. The number of amides is 1. The normalized spacial score (nSPS) is 10.3. The van der Waals surface area contributed by atoms with Crippen LogP contribution in [-0.4, -0.2) is 45.1 Å². The van der Waals surface area contributed by atoms with Crippen LogP contribution < -0.4 is 5.32 Å². The molecule has 0 aliphatic carbocycles. The van der Waals surface area contributed by atoms with Gasteiger partial charge >= 0.3 is 0 Å². The molecule has 0 saturated carbocycles. The lowest BCUT2D eigenvalue weighted by Crippen LogP contribution is -2.27. The minimum atomic E-state index is -0.117. The van der Waals surface area contributed by atoms with E-state index in [-0.39, 0.29) is 5.91 Å². The molecule has 2 N–H and O–H groups in total. The standard InChI is InChI=1S/C12H16N6O/c1-8-4-10(13-2)9(5-14-8)12(19)18(3)6-11-15-7-16-17-11/h4-5,7H,6H2,1-3H3,(H,13,14)(H,15,16,17). The van der Waals surface area contributed by atoms with Crippen molar-refractivity contribution in [1.29, 1.82) is 0 Å². The average molecular weight is 260 g/mol. The highest BCUT2D eigenvalue weighted by Gasteiger charge is 2.17. The van der Waals surface area contributed by atoms with Crippen LogP contribution >= 0.6 is 0 Å². The molecule has 0 spiro atoms. The van der Waals surface area contributed by atoms with Crippen LogP contribution in [0, 0.1) is 6.92 Å². The van der Waals surface area contributed by atoms with E-state index in [4.69, 9.17) is 0 Å². The quantitative estimate of drug-likeness (QED) is 0.850. The number of H-pyrrole nitrogens is 1. The first-order valence-electron chi connectivity index (χ1n) is 5.86. The van der Waals surface area contributed by atoms with Crippen molar-refractivity contribution < 1.29 is 4.79 Å². The van der Waals surface area contributed by atoms with E-state index in [2.05, 4.69) is 25.5 Å². The summed E-state index contributed by atoms with van der Waals surface area (Å²) in [5.41, 5.74) is 2.16. The minimum absolute atomic E-state index is 0.117. The monoisotopic (exact) mass is 260 g/mol. The van der Waals surface area contributed by atoms with E-state index in [0.29, 0.717) is 17.9 Å². The van der Waals surface area contributed by atoms with Crippen molar-refractivity contribution in [2.45, 2.75) is 13.5 Å². The summed E-state index contributed by atoms with van der Waals surface area (Å²) in [6, 6.07) is 1.84. The van der Waals surface area contributed by atoms with Gasteiger partial charge in [-0.25, -0.2) is 4.98 Å². The molecule has 2 rings (SSSR count). The number of pyridine rings is 1. The highest BCUT2D eigenvalue weighted by molar-refractivity contribution is 5.99. The van der Waals surface area contributed by atoms with Gasteiger partial charge < -0.3 is 10.2 Å². The molecule has 2 aromatic heterocycles. The molecule has 0 bridgehead atoms. The second-order valence-corrected chi connectivity index (χ2v) is 4.21. The van der Waals surface area contributed by atoms with E-state index in [0.717, 1.165) is 11.4 Å². The number of aryl methyl sites for hydroxylation is 1. The summed E-state index contributed by atoms with van der Waals surface area (Å²) in [5, 5.41) is 9.49. The predicted octanol–water partition coefficient (Wildman–Crippen LogP) is 0.822. The number of nitrogens with one attached hydrogen (secondary N) is 2. The highest BCUT2D eigenvalue weighted by Crippen LogP contribution is 2.17. The van der Waals surface area contributed by atoms with Crippen molar-refractivity contribution in [3.63, 3.8) is 0 Å². The van der Waals surface area contributed by atoms with E-state index >= 15 is 0 Å². The Labute approximate surface area is 111 Å². The third-order valence-corrected chi connectivity index (χ3v) is 2.74. The Bertz CT molecular complexity index is 566. The average Bonchev–Trinajstić information content (AvgIpc) is 2.90. The molecule has 7 nitrogen and oxygen atoms in total. The lowest BCUT2D eigenvalue weighted by Gasteiger charge is -2.17. The van der Waals surface area contributed by atoms with Crippen LogP contribution in [0.3, 0.4) is 0 Å². The van der Waals surface area contributed by atoms with E-state index < -0.39 is 0 Å². The summed E-state index contributed by atoms with van der Waals surface area (Å²) in [6.45, 7) is 2.25. The minimum Gasteiger partial charge on any atom is -0.387 e. The molecule has 19 heavy (non-hydrogen) atoms.